The highest BCUT2D eigenvalue weighted by atomic mass is 19.4. The van der Waals surface area contributed by atoms with Crippen LogP contribution in [-0.4, -0.2) is 40.7 Å². The zero-order valence-corrected chi connectivity index (χ0v) is 14.4. The molecule has 3 rings (SSSR count). The number of carbonyl (C=O) groups is 1. The highest BCUT2D eigenvalue weighted by Gasteiger charge is 2.32. The van der Waals surface area contributed by atoms with Crippen LogP contribution < -0.4 is 0 Å². The van der Waals surface area contributed by atoms with Crippen LogP contribution in [-0.2, 0) is 0 Å². The number of benzene rings is 1. The molecule has 0 spiro atoms. The molecule has 0 radical (unpaired) electrons. The van der Waals surface area contributed by atoms with E-state index in [2.05, 4.69) is 10.1 Å². The number of aryl methyl sites for hydroxylation is 2. The van der Waals surface area contributed by atoms with Crippen molar-refractivity contribution in [3.63, 3.8) is 0 Å². The number of pyridine rings is 1. The molecule has 0 atom stereocenters. The van der Waals surface area contributed by atoms with E-state index in [1.54, 1.807) is 6.92 Å². The molecule has 1 amide bonds. The first kappa shape index (κ1) is 17.9. The van der Waals surface area contributed by atoms with Crippen molar-refractivity contribution in [1.29, 1.82) is 0 Å². The quantitative estimate of drug-likeness (QED) is 0.702. The molecule has 136 valence electrons. The van der Waals surface area contributed by atoms with Gasteiger partial charge in [0, 0.05) is 12.6 Å². The van der Waals surface area contributed by atoms with Gasteiger partial charge in [-0.25, -0.2) is 4.98 Å². The van der Waals surface area contributed by atoms with Crippen LogP contribution in [0.4, 0.5) is 13.2 Å². The first-order valence-electron chi connectivity index (χ1n) is 7.82. The normalized spacial score (nSPS) is 11.8. The highest BCUT2D eigenvalue weighted by molar-refractivity contribution is 6.06. The predicted octanol–water partition coefficient (Wildman–Crippen LogP) is 4.14. The number of hydrogen-bond acceptors (Lipinski definition) is 4. The summed E-state index contributed by atoms with van der Waals surface area (Å²) in [5.41, 5.74) is 2.79. The summed E-state index contributed by atoms with van der Waals surface area (Å²) in [6.45, 7) is 2.20. The van der Waals surface area contributed by atoms with Crippen LogP contribution in [0.2, 0.25) is 0 Å². The number of nitrogens with zero attached hydrogens (tertiary/aromatic N) is 3. The molecule has 0 aliphatic carbocycles. The number of aromatic nitrogens is 2. The summed E-state index contributed by atoms with van der Waals surface area (Å²) in [6, 6.07) is 8.88. The van der Waals surface area contributed by atoms with Crippen LogP contribution in [0.3, 0.4) is 0 Å². The maximum absolute atomic E-state index is 12.7. The third kappa shape index (κ3) is 3.54. The molecule has 0 N–H and O–H groups in total. The molecule has 8 heteroatoms. The van der Waals surface area contributed by atoms with Gasteiger partial charge in [0.1, 0.15) is 6.54 Å². The summed E-state index contributed by atoms with van der Waals surface area (Å²) < 4.78 is 43.1. The van der Waals surface area contributed by atoms with Crippen LogP contribution in [0.1, 0.15) is 21.6 Å². The van der Waals surface area contributed by atoms with Crippen LogP contribution in [0.15, 0.2) is 34.9 Å². The molecule has 0 aliphatic rings. The van der Waals surface area contributed by atoms with Crippen molar-refractivity contribution < 1.29 is 22.5 Å². The van der Waals surface area contributed by atoms with E-state index in [-0.39, 0.29) is 11.3 Å². The molecule has 0 aliphatic heterocycles. The Morgan fingerprint density at radius 3 is 2.46 bits per heavy atom. The molecule has 26 heavy (non-hydrogen) atoms. The van der Waals surface area contributed by atoms with E-state index in [1.807, 2.05) is 31.2 Å². The first-order chi connectivity index (χ1) is 12.2. The van der Waals surface area contributed by atoms with Crippen molar-refractivity contribution in [2.45, 2.75) is 20.0 Å². The fraction of sp³-hybridized carbons (Fsp3) is 0.278. The Bertz CT molecular complexity index is 962. The van der Waals surface area contributed by atoms with Gasteiger partial charge in [0.05, 0.1) is 22.3 Å². The Hall–Kier alpha value is -2.90. The number of fused-ring (bicyclic) bond motifs is 1. The van der Waals surface area contributed by atoms with Crippen LogP contribution in [0.5, 0.6) is 0 Å². The molecular weight excluding hydrogens is 347 g/mol. The molecule has 5 nitrogen and oxygen atoms in total. The summed E-state index contributed by atoms with van der Waals surface area (Å²) in [7, 11) is 1.11. The molecule has 0 unspecified atom stereocenters. The lowest BCUT2D eigenvalue weighted by Gasteiger charge is -2.19. The van der Waals surface area contributed by atoms with Crippen molar-refractivity contribution in [3.05, 3.63) is 47.2 Å². The summed E-state index contributed by atoms with van der Waals surface area (Å²) >= 11 is 0. The molecule has 1 aromatic carbocycles. The average molecular weight is 363 g/mol. The lowest BCUT2D eigenvalue weighted by Crippen LogP contribution is -2.36. The molecule has 2 aromatic heterocycles. The Balaban J connectivity index is 2.12. The van der Waals surface area contributed by atoms with E-state index in [0.29, 0.717) is 21.7 Å². The largest absolute Gasteiger partial charge is 0.406 e. The van der Waals surface area contributed by atoms with Crippen LogP contribution in [0, 0.1) is 13.8 Å². The minimum atomic E-state index is -4.49. The Morgan fingerprint density at radius 2 is 1.85 bits per heavy atom. The number of halogens is 3. The minimum Gasteiger partial charge on any atom is -0.335 e. The smallest absolute Gasteiger partial charge is 0.335 e. The van der Waals surface area contributed by atoms with E-state index in [4.69, 9.17) is 4.52 Å². The van der Waals surface area contributed by atoms with Crippen molar-refractivity contribution in [1.82, 2.24) is 15.0 Å². The van der Waals surface area contributed by atoms with Gasteiger partial charge in [0.2, 0.25) is 0 Å². The average Bonchev–Trinajstić information content (AvgIpc) is 2.94. The lowest BCUT2D eigenvalue weighted by atomic mass is 10.0. The second-order valence-electron chi connectivity index (χ2n) is 6.15. The Morgan fingerprint density at radius 1 is 1.19 bits per heavy atom. The highest BCUT2D eigenvalue weighted by Crippen LogP contribution is 2.28. The number of hydrogen-bond donors (Lipinski definition) is 0. The standard InChI is InChI=1S/C18H16F3N3O2/c1-10-4-6-12(7-5-10)14-8-13(15-11(2)23-26-16(15)22-14)17(25)24(3)9-18(19,20)21/h4-8H,9H2,1-3H3. The van der Waals surface area contributed by atoms with Gasteiger partial charge in [-0.15, -0.1) is 0 Å². The van der Waals surface area contributed by atoms with Crippen molar-refractivity contribution in [2.75, 3.05) is 13.6 Å². The second-order valence-corrected chi connectivity index (χ2v) is 6.15. The molecule has 0 bridgehead atoms. The maximum Gasteiger partial charge on any atom is 0.406 e. The summed E-state index contributed by atoms with van der Waals surface area (Å²) in [5, 5.41) is 4.11. The minimum absolute atomic E-state index is 0.0797. The van der Waals surface area contributed by atoms with E-state index in [9.17, 15) is 18.0 Å². The van der Waals surface area contributed by atoms with Crippen molar-refractivity contribution in [3.8, 4) is 11.3 Å². The maximum atomic E-state index is 12.7. The van der Waals surface area contributed by atoms with Crippen LogP contribution >= 0.6 is 0 Å². The monoisotopic (exact) mass is 363 g/mol. The van der Waals surface area contributed by atoms with E-state index >= 15 is 0 Å². The zero-order valence-electron chi connectivity index (χ0n) is 14.4. The lowest BCUT2D eigenvalue weighted by molar-refractivity contribution is -0.138. The van der Waals surface area contributed by atoms with E-state index in [1.165, 1.54) is 6.07 Å². The number of carbonyl (C=O) groups excluding carboxylic acids is 1. The summed E-state index contributed by atoms with van der Waals surface area (Å²) in [4.78, 5) is 17.6. The number of alkyl halides is 3. The van der Waals surface area contributed by atoms with Crippen molar-refractivity contribution in [2.24, 2.45) is 0 Å². The third-order valence-electron chi connectivity index (χ3n) is 3.96. The van der Waals surface area contributed by atoms with Gasteiger partial charge in [0.15, 0.2) is 0 Å². The molecule has 0 saturated heterocycles. The van der Waals surface area contributed by atoms with Gasteiger partial charge in [-0.05, 0) is 19.9 Å². The molecule has 3 aromatic rings. The van der Waals surface area contributed by atoms with Gasteiger partial charge < -0.3 is 9.42 Å². The SMILES string of the molecule is Cc1ccc(-c2cc(C(=O)N(C)CC(F)(F)F)c3c(C)noc3n2)cc1. The van der Waals surface area contributed by atoms with Crippen LogP contribution in [0.25, 0.3) is 22.4 Å². The molecular formula is C18H16F3N3O2. The molecule has 2 heterocycles. The fourth-order valence-electron chi connectivity index (χ4n) is 2.68. The Kier molecular flexibility index (Phi) is 4.43. The predicted molar refractivity (Wildman–Crippen MR) is 89.7 cm³/mol. The van der Waals surface area contributed by atoms with Gasteiger partial charge in [-0.2, -0.15) is 13.2 Å². The van der Waals surface area contributed by atoms with E-state index < -0.39 is 18.6 Å². The zero-order chi connectivity index (χ0) is 19.1. The topological polar surface area (TPSA) is 59.2 Å². The molecule has 0 fully saturated rings. The second kappa shape index (κ2) is 6.44. The Labute approximate surface area is 147 Å². The number of rotatable bonds is 3. The van der Waals surface area contributed by atoms with Gasteiger partial charge in [-0.3, -0.25) is 4.79 Å². The first-order valence-corrected chi connectivity index (χ1v) is 7.82. The van der Waals surface area contributed by atoms with Gasteiger partial charge in [0.25, 0.3) is 11.6 Å². The molecule has 0 saturated carbocycles. The van der Waals surface area contributed by atoms with Gasteiger partial charge >= 0.3 is 6.18 Å². The summed E-state index contributed by atoms with van der Waals surface area (Å²) in [6.07, 6.45) is -4.49. The van der Waals surface area contributed by atoms with Crippen molar-refractivity contribution >= 4 is 17.0 Å². The van der Waals surface area contributed by atoms with Gasteiger partial charge in [-0.1, -0.05) is 35.0 Å². The third-order valence-corrected chi connectivity index (χ3v) is 3.96. The number of amides is 1. The van der Waals surface area contributed by atoms with E-state index in [0.717, 1.165) is 18.2 Å². The summed E-state index contributed by atoms with van der Waals surface area (Å²) in [5.74, 6) is -0.769. The fourth-order valence-corrected chi connectivity index (χ4v) is 2.68.